The molecule has 1 heterocycles. The van der Waals surface area contributed by atoms with Gasteiger partial charge < -0.3 is 10.4 Å². The van der Waals surface area contributed by atoms with Crippen LogP contribution < -0.4 is 10.5 Å². The van der Waals surface area contributed by atoms with Gasteiger partial charge in [-0.25, -0.2) is 18.2 Å². The Kier molecular flexibility index (Phi) is 7.05. The van der Waals surface area contributed by atoms with Crippen LogP contribution in [0, 0.1) is 11.3 Å². The number of aromatic nitrogens is 2. The van der Waals surface area contributed by atoms with Gasteiger partial charge in [0, 0.05) is 11.8 Å². The van der Waals surface area contributed by atoms with Crippen molar-refractivity contribution in [3.8, 4) is 11.8 Å². The number of aliphatic hydroxyl groups excluding tert-OH is 1. The Balaban J connectivity index is 1.64. The molecule has 0 saturated carbocycles. The summed E-state index contributed by atoms with van der Waals surface area (Å²) >= 11 is 0. The van der Waals surface area contributed by atoms with E-state index in [-0.39, 0.29) is 21.8 Å². The largest absolute Gasteiger partial charge is 0.435 e. The maximum absolute atomic E-state index is 13.4. The van der Waals surface area contributed by atoms with Gasteiger partial charge in [-0.3, -0.25) is 4.79 Å². The average molecular weight is 542 g/mol. The van der Waals surface area contributed by atoms with Gasteiger partial charge in [0.05, 0.1) is 22.2 Å². The van der Waals surface area contributed by atoms with Crippen LogP contribution in [0.2, 0.25) is 0 Å². The first-order valence-corrected chi connectivity index (χ1v) is 12.3. The Morgan fingerprint density at radius 1 is 1.03 bits per heavy atom. The van der Waals surface area contributed by atoms with Crippen LogP contribution in [0.4, 0.5) is 18.9 Å². The van der Waals surface area contributed by atoms with E-state index < -0.39 is 39.6 Å². The van der Waals surface area contributed by atoms with Crippen LogP contribution in [-0.4, -0.2) is 29.2 Å². The van der Waals surface area contributed by atoms with Crippen molar-refractivity contribution in [2.24, 2.45) is 5.14 Å². The number of amides is 1. The van der Waals surface area contributed by atoms with E-state index in [1.165, 1.54) is 66.7 Å². The van der Waals surface area contributed by atoms with E-state index in [1.54, 1.807) is 6.07 Å². The fourth-order valence-corrected chi connectivity index (χ4v) is 4.11. The second kappa shape index (κ2) is 10.1. The fourth-order valence-electron chi connectivity index (χ4n) is 3.60. The van der Waals surface area contributed by atoms with Crippen LogP contribution in [0.15, 0.2) is 83.8 Å². The van der Waals surface area contributed by atoms with Gasteiger partial charge in [-0.2, -0.15) is 23.5 Å². The van der Waals surface area contributed by atoms with Crippen LogP contribution in [0.3, 0.4) is 0 Å². The number of nitrogens with zero attached hydrogens (tertiary/aromatic N) is 3. The number of benzene rings is 3. The highest BCUT2D eigenvalue weighted by atomic mass is 32.2. The summed E-state index contributed by atoms with van der Waals surface area (Å²) in [5.74, 6) is -0.917. The molecular formula is C25H18F3N5O4S. The molecule has 1 aromatic heterocycles. The minimum absolute atomic E-state index is 0.0804. The molecule has 0 spiro atoms. The number of nitriles is 1. The van der Waals surface area contributed by atoms with Crippen molar-refractivity contribution in [1.29, 1.82) is 5.26 Å². The molecule has 0 saturated heterocycles. The summed E-state index contributed by atoms with van der Waals surface area (Å²) < 4.78 is 63.9. The summed E-state index contributed by atoms with van der Waals surface area (Å²) in [6, 6.07) is 19.3. The third kappa shape index (κ3) is 5.73. The van der Waals surface area contributed by atoms with Gasteiger partial charge in [-0.05, 0) is 53.6 Å². The summed E-state index contributed by atoms with van der Waals surface area (Å²) in [7, 11) is -3.91. The second-order valence-corrected chi connectivity index (χ2v) is 9.64. The zero-order chi connectivity index (χ0) is 27.7. The first kappa shape index (κ1) is 26.6. The quantitative estimate of drug-likeness (QED) is 0.338. The van der Waals surface area contributed by atoms with Crippen molar-refractivity contribution in [3.63, 3.8) is 0 Å². The van der Waals surface area contributed by atoms with E-state index in [2.05, 4.69) is 10.4 Å². The number of nitrogens with one attached hydrogen (secondary N) is 1. The summed E-state index contributed by atoms with van der Waals surface area (Å²) in [6.45, 7) is 0. The molecule has 4 N–H and O–H groups in total. The molecule has 38 heavy (non-hydrogen) atoms. The van der Waals surface area contributed by atoms with Gasteiger partial charge in [0.2, 0.25) is 10.0 Å². The summed E-state index contributed by atoms with van der Waals surface area (Å²) in [5, 5.41) is 31.0. The highest BCUT2D eigenvalue weighted by Crippen LogP contribution is 2.30. The monoisotopic (exact) mass is 541 g/mol. The van der Waals surface area contributed by atoms with E-state index in [0.29, 0.717) is 17.2 Å². The third-order valence-corrected chi connectivity index (χ3v) is 6.37. The molecule has 0 bridgehead atoms. The molecule has 1 unspecified atom stereocenters. The topological polar surface area (TPSA) is 151 Å². The summed E-state index contributed by atoms with van der Waals surface area (Å²) in [4.78, 5) is 12.9. The lowest BCUT2D eigenvalue weighted by atomic mass is 10.0. The van der Waals surface area contributed by atoms with Gasteiger partial charge >= 0.3 is 6.18 Å². The minimum Gasteiger partial charge on any atom is -0.384 e. The van der Waals surface area contributed by atoms with Crippen LogP contribution in [0.1, 0.15) is 39.0 Å². The number of sulfonamides is 1. The molecular weight excluding hydrogens is 523 g/mol. The smallest absolute Gasteiger partial charge is 0.384 e. The maximum Gasteiger partial charge on any atom is 0.435 e. The Hall–Kier alpha value is -4.51. The molecule has 3 aromatic carbocycles. The molecule has 0 aliphatic carbocycles. The molecule has 0 aliphatic rings. The van der Waals surface area contributed by atoms with Crippen molar-refractivity contribution >= 4 is 21.6 Å². The Bertz CT molecular complexity index is 1660. The fraction of sp³-hybridized carbons (Fsp3) is 0.0800. The van der Waals surface area contributed by atoms with E-state index in [0.717, 1.165) is 4.68 Å². The zero-order valence-electron chi connectivity index (χ0n) is 19.2. The van der Waals surface area contributed by atoms with Crippen molar-refractivity contribution in [1.82, 2.24) is 9.78 Å². The highest BCUT2D eigenvalue weighted by molar-refractivity contribution is 7.89. The summed E-state index contributed by atoms with van der Waals surface area (Å²) in [6.07, 6.45) is -6.03. The molecule has 4 rings (SSSR count). The average Bonchev–Trinajstić information content (AvgIpc) is 3.35. The standard InChI is InChI=1S/C25H18F3N5O4S/c26-25(27,28)22-13-21(33(32-22)19-6-1-3-15(11-19)14-29)24(35)31-18-5-2-4-17(12-18)23(34)16-7-9-20(10-8-16)38(30,36)37/h1-13,23,34H,(H,31,35)(H2,30,36,37). The number of carbonyl (C=O) groups excluding carboxylic acids is 1. The minimum atomic E-state index is -4.82. The number of anilines is 1. The van der Waals surface area contributed by atoms with E-state index in [1.807, 2.05) is 6.07 Å². The Labute approximate surface area is 214 Å². The number of hydrogen-bond acceptors (Lipinski definition) is 6. The Morgan fingerprint density at radius 2 is 1.71 bits per heavy atom. The van der Waals surface area contributed by atoms with Crippen molar-refractivity contribution in [2.75, 3.05) is 5.32 Å². The lowest BCUT2D eigenvalue weighted by molar-refractivity contribution is -0.141. The second-order valence-electron chi connectivity index (χ2n) is 8.08. The van der Waals surface area contributed by atoms with Crippen LogP contribution in [0.5, 0.6) is 0 Å². The maximum atomic E-state index is 13.4. The predicted molar refractivity (Wildman–Crippen MR) is 130 cm³/mol. The van der Waals surface area contributed by atoms with Crippen molar-refractivity contribution in [3.05, 3.63) is 107 Å². The lowest BCUT2D eigenvalue weighted by Gasteiger charge is -2.14. The third-order valence-electron chi connectivity index (χ3n) is 5.44. The van der Waals surface area contributed by atoms with Crippen LogP contribution in [0.25, 0.3) is 5.69 Å². The molecule has 1 atom stereocenters. The predicted octanol–water partition coefficient (Wildman–Crippen LogP) is 3.74. The van der Waals surface area contributed by atoms with Gasteiger partial charge in [-0.15, -0.1) is 0 Å². The number of hydrogen-bond donors (Lipinski definition) is 3. The number of nitrogens with two attached hydrogens (primary N) is 1. The molecule has 194 valence electrons. The highest BCUT2D eigenvalue weighted by Gasteiger charge is 2.36. The Morgan fingerprint density at radius 3 is 2.34 bits per heavy atom. The number of halogens is 3. The summed E-state index contributed by atoms with van der Waals surface area (Å²) in [5.41, 5.74) is -0.661. The molecule has 13 heteroatoms. The molecule has 0 fully saturated rings. The lowest BCUT2D eigenvalue weighted by Crippen LogP contribution is -2.17. The van der Waals surface area contributed by atoms with Crippen molar-refractivity contribution in [2.45, 2.75) is 17.2 Å². The first-order chi connectivity index (χ1) is 17.9. The number of primary sulfonamides is 1. The SMILES string of the molecule is N#Cc1cccc(-n2nc(C(F)(F)F)cc2C(=O)Nc2cccc(C(O)c3ccc(S(N)(=O)=O)cc3)c2)c1. The number of aliphatic hydroxyl groups is 1. The number of alkyl halides is 3. The number of rotatable bonds is 6. The normalized spacial score (nSPS) is 12.5. The van der Waals surface area contributed by atoms with Gasteiger partial charge in [0.25, 0.3) is 5.91 Å². The van der Waals surface area contributed by atoms with E-state index in [4.69, 9.17) is 10.4 Å². The van der Waals surface area contributed by atoms with Crippen molar-refractivity contribution < 1.29 is 31.5 Å². The zero-order valence-corrected chi connectivity index (χ0v) is 20.0. The van der Waals surface area contributed by atoms with Gasteiger partial charge in [0.1, 0.15) is 11.8 Å². The van der Waals surface area contributed by atoms with E-state index >= 15 is 0 Å². The molecule has 4 aromatic rings. The van der Waals surface area contributed by atoms with Gasteiger partial charge in [-0.1, -0.05) is 30.3 Å². The number of carbonyl (C=O) groups is 1. The molecule has 0 aliphatic heterocycles. The van der Waals surface area contributed by atoms with E-state index in [9.17, 15) is 31.5 Å². The molecule has 9 nitrogen and oxygen atoms in total. The van der Waals surface area contributed by atoms with Gasteiger partial charge in [0.15, 0.2) is 5.69 Å². The first-order valence-electron chi connectivity index (χ1n) is 10.8. The molecule has 1 amide bonds. The van der Waals surface area contributed by atoms with Crippen LogP contribution in [-0.2, 0) is 16.2 Å². The molecule has 0 radical (unpaired) electrons. The van der Waals surface area contributed by atoms with Crippen LogP contribution >= 0.6 is 0 Å².